The number of para-hydroxylation sites is 1. The van der Waals surface area contributed by atoms with E-state index in [1.165, 1.54) is 18.4 Å². The van der Waals surface area contributed by atoms with Crippen molar-refractivity contribution in [2.75, 3.05) is 39.2 Å². The minimum Gasteiger partial charge on any atom is -0.467 e. The molecule has 1 aromatic carbocycles. The maximum absolute atomic E-state index is 11.4. The molecule has 1 aliphatic rings. The van der Waals surface area contributed by atoms with E-state index in [9.17, 15) is 9.90 Å². The van der Waals surface area contributed by atoms with Crippen molar-refractivity contribution in [3.8, 4) is 0 Å². The van der Waals surface area contributed by atoms with Crippen molar-refractivity contribution in [2.45, 2.75) is 25.5 Å². The quantitative estimate of drug-likeness (QED) is 0.836. The molecule has 122 valence electrons. The van der Waals surface area contributed by atoms with Gasteiger partial charge in [-0.25, -0.2) is 4.79 Å². The van der Waals surface area contributed by atoms with E-state index in [-0.39, 0.29) is 5.92 Å². The third-order valence-electron chi connectivity index (χ3n) is 4.39. The average Bonchev–Trinajstić information content (AvgIpc) is 2.54. The summed E-state index contributed by atoms with van der Waals surface area (Å²) >= 11 is 0. The molecule has 0 saturated carbocycles. The van der Waals surface area contributed by atoms with Crippen LogP contribution < -0.4 is 4.90 Å². The number of carbonyl (C=O) groups is 1. The summed E-state index contributed by atoms with van der Waals surface area (Å²) in [5, 5.41) is 9.94. The van der Waals surface area contributed by atoms with Crippen LogP contribution in [0, 0.1) is 5.92 Å². The van der Waals surface area contributed by atoms with E-state index >= 15 is 0 Å². The summed E-state index contributed by atoms with van der Waals surface area (Å²) in [5.74, 6) is -0.510. The highest BCUT2D eigenvalue weighted by Crippen LogP contribution is 2.25. The fraction of sp³-hybridized carbons (Fsp3) is 0.588. The van der Waals surface area contributed by atoms with Gasteiger partial charge in [0.15, 0.2) is 6.10 Å². The first-order valence-corrected chi connectivity index (χ1v) is 7.76. The van der Waals surface area contributed by atoms with Crippen molar-refractivity contribution < 1.29 is 14.6 Å². The first-order valence-electron chi connectivity index (χ1n) is 7.76. The zero-order chi connectivity index (χ0) is 16.1. The van der Waals surface area contributed by atoms with Gasteiger partial charge in [0.1, 0.15) is 0 Å². The van der Waals surface area contributed by atoms with E-state index in [1.54, 1.807) is 0 Å². The fourth-order valence-corrected chi connectivity index (χ4v) is 3.06. The van der Waals surface area contributed by atoms with E-state index in [2.05, 4.69) is 52.9 Å². The lowest BCUT2D eigenvalue weighted by Gasteiger charge is -2.34. The van der Waals surface area contributed by atoms with Gasteiger partial charge in [0.2, 0.25) is 0 Å². The number of ether oxygens (including phenoxy) is 1. The van der Waals surface area contributed by atoms with Gasteiger partial charge in [-0.3, -0.25) is 4.90 Å². The summed E-state index contributed by atoms with van der Waals surface area (Å²) in [6, 6.07) is 8.40. The number of aliphatic hydroxyl groups excluding tert-OH is 1. The number of likely N-dealkylation sites (tertiary alicyclic amines) is 1. The minimum atomic E-state index is -0.985. The van der Waals surface area contributed by atoms with E-state index < -0.39 is 12.1 Å². The molecule has 1 saturated heterocycles. The summed E-state index contributed by atoms with van der Waals surface area (Å²) in [7, 11) is 5.43. The number of carbonyl (C=O) groups excluding carboxylic acids is 1. The number of esters is 1. The first kappa shape index (κ1) is 16.8. The summed E-state index contributed by atoms with van der Waals surface area (Å²) < 4.78 is 4.62. The maximum atomic E-state index is 11.4. The van der Waals surface area contributed by atoms with Crippen LogP contribution in [0.4, 0.5) is 5.69 Å². The molecule has 0 amide bonds. The molecule has 1 aliphatic heterocycles. The van der Waals surface area contributed by atoms with E-state index in [0.29, 0.717) is 0 Å². The number of hydrogen-bond donors (Lipinski definition) is 1. The number of piperidine rings is 1. The lowest BCUT2D eigenvalue weighted by Crippen LogP contribution is -2.40. The lowest BCUT2D eigenvalue weighted by molar-refractivity contribution is -0.154. The molecule has 0 spiro atoms. The Kier molecular flexibility index (Phi) is 5.80. The molecular weight excluding hydrogens is 280 g/mol. The molecule has 0 aromatic heterocycles. The van der Waals surface area contributed by atoms with Crippen molar-refractivity contribution in [2.24, 2.45) is 5.92 Å². The second kappa shape index (κ2) is 7.61. The highest BCUT2D eigenvalue weighted by Gasteiger charge is 2.30. The normalized spacial score (nSPS) is 18.0. The zero-order valence-electron chi connectivity index (χ0n) is 13.7. The summed E-state index contributed by atoms with van der Waals surface area (Å²) in [6.07, 6.45) is 0.655. The van der Waals surface area contributed by atoms with Crippen LogP contribution in [0.5, 0.6) is 0 Å². The van der Waals surface area contributed by atoms with Gasteiger partial charge in [0.25, 0.3) is 0 Å². The van der Waals surface area contributed by atoms with Crippen LogP contribution in [0.25, 0.3) is 0 Å². The van der Waals surface area contributed by atoms with Gasteiger partial charge in [0.05, 0.1) is 7.11 Å². The Morgan fingerprint density at radius 3 is 2.59 bits per heavy atom. The molecular formula is C17H26N2O3. The van der Waals surface area contributed by atoms with Gasteiger partial charge in [-0.1, -0.05) is 18.2 Å². The van der Waals surface area contributed by atoms with Crippen molar-refractivity contribution >= 4 is 11.7 Å². The van der Waals surface area contributed by atoms with Crippen LogP contribution in [0.15, 0.2) is 24.3 Å². The highest BCUT2D eigenvalue weighted by molar-refractivity contribution is 5.74. The molecule has 1 atom stereocenters. The van der Waals surface area contributed by atoms with Crippen LogP contribution in [0.2, 0.25) is 0 Å². The summed E-state index contributed by atoms with van der Waals surface area (Å²) in [5.41, 5.74) is 2.54. The second-order valence-corrected chi connectivity index (χ2v) is 6.10. The molecule has 5 nitrogen and oxygen atoms in total. The number of methoxy groups -OCH3 is 1. The maximum Gasteiger partial charge on any atom is 0.334 e. The third-order valence-corrected chi connectivity index (χ3v) is 4.39. The number of hydrogen-bond acceptors (Lipinski definition) is 5. The Balaban J connectivity index is 1.92. The second-order valence-electron chi connectivity index (χ2n) is 6.10. The Hall–Kier alpha value is -1.59. The zero-order valence-corrected chi connectivity index (χ0v) is 13.7. The summed E-state index contributed by atoms with van der Waals surface area (Å²) in [6.45, 7) is 2.68. The SMILES string of the molecule is COC(=O)C(O)C1CCN(Cc2ccccc2N(C)C)CC1. The smallest absolute Gasteiger partial charge is 0.334 e. The molecule has 0 bridgehead atoms. The minimum absolute atomic E-state index is 0.00722. The highest BCUT2D eigenvalue weighted by atomic mass is 16.5. The molecule has 1 unspecified atom stereocenters. The number of nitrogens with zero attached hydrogens (tertiary/aromatic N) is 2. The number of benzene rings is 1. The molecule has 0 radical (unpaired) electrons. The Labute approximate surface area is 132 Å². The van der Waals surface area contributed by atoms with Crippen molar-refractivity contribution in [3.05, 3.63) is 29.8 Å². The topological polar surface area (TPSA) is 53.0 Å². The van der Waals surface area contributed by atoms with E-state index in [1.807, 2.05) is 0 Å². The van der Waals surface area contributed by atoms with Crippen LogP contribution in [-0.2, 0) is 16.1 Å². The molecule has 1 aromatic rings. The van der Waals surface area contributed by atoms with Gasteiger partial charge in [-0.05, 0) is 43.5 Å². The van der Waals surface area contributed by atoms with E-state index in [4.69, 9.17) is 0 Å². The number of rotatable bonds is 5. The first-order chi connectivity index (χ1) is 10.5. The van der Waals surface area contributed by atoms with Gasteiger partial charge in [-0.2, -0.15) is 0 Å². The van der Waals surface area contributed by atoms with E-state index in [0.717, 1.165) is 32.5 Å². The van der Waals surface area contributed by atoms with Crippen LogP contribution >= 0.6 is 0 Å². The standard InChI is InChI=1S/C17H26N2O3/c1-18(2)15-7-5-4-6-14(15)12-19-10-8-13(9-11-19)16(20)17(21)22-3/h4-7,13,16,20H,8-12H2,1-3H3. The number of anilines is 1. The van der Waals surface area contributed by atoms with Crippen molar-refractivity contribution in [1.29, 1.82) is 0 Å². The van der Waals surface area contributed by atoms with Gasteiger partial charge >= 0.3 is 5.97 Å². The van der Waals surface area contributed by atoms with Crippen molar-refractivity contribution in [1.82, 2.24) is 4.90 Å². The Morgan fingerprint density at radius 1 is 1.36 bits per heavy atom. The van der Waals surface area contributed by atoms with Gasteiger partial charge in [0, 0.05) is 26.3 Å². The van der Waals surface area contributed by atoms with Crippen LogP contribution in [0.3, 0.4) is 0 Å². The molecule has 22 heavy (non-hydrogen) atoms. The Morgan fingerprint density at radius 2 is 2.00 bits per heavy atom. The van der Waals surface area contributed by atoms with Gasteiger partial charge < -0.3 is 14.7 Å². The molecule has 1 fully saturated rings. The molecule has 1 heterocycles. The summed E-state index contributed by atoms with van der Waals surface area (Å²) in [4.78, 5) is 15.9. The lowest BCUT2D eigenvalue weighted by atomic mass is 9.91. The van der Waals surface area contributed by atoms with Gasteiger partial charge in [-0.15, -0.1) is 0 Å². The predicted octanol–water partition coefficient (Wildman–Crippen LogP) is 1.50. The predicted molar refractivity (Wildman–Crippen MR) is 86.8 cm³/mol. The number of aliphatic hydroxyl groups is 1. The third kappa shape index (κ3) is 3.99. The molecule has 2 rings (SSSR count). The molecule has 5 heteroatoms. The van der Waals surface area contributed by atoms with Crippen molar-refractivity contribution in [3.63, 3.8) is 0 Å². The fourth-order valence-electron chi connectivity index (χ4n) is 3.06. The van der Waals surface area contributed by atoms with Crippen LogP contribution in [-0.4, -0.2) is 56.4 Å². The average molecular weight is 306 g/mol. The largest absolute Gasteiger partial charge is 0.467 e. The van der Waals surface area contributed by atoms with Crippen LogP contribution in [0.1, 0.15) is 18.4 Å². The molecule has 0 aliphatic carbocycles. The Bertz CT molecular complexity index is 496. The molecule has 1 N–H and O–H groups in total. The monoisotopic (exact) mass is 306 g/mol.